The molecule has 0 aliphatic heterocycles. The third-order valence-electron chi connectivity index (χ3n) is 2.28. The summed E-state index contributed by atoms with van der Waals surface area (Å²) in [7, 11) is 2.07. The lowest BCUT2D eigenvalue weighted by molar-refractivity contribution is 0.340. The molecule has 16 heavy (non-hydrogen) atoms. The average Bonchev–Trinajstić information content (AvgIpc) is 2.29. The van der Waals surface area contributed by atoms with Gasteiger partial charge in [0.1, 0.15) is 5.75 Å². The minimum atomic E-state index is 0.644. The van der Waals surface area contributed by atoms with Crippen molar-refractivity contribution < 1.29 is 4.74 Å². The molecule has 4 heteroatoms. The minimum Gasteiger partial charge on any atom is -0.492 e. The molecule has 2 nitrogen and oxygen atoms in total. The van der Waals surface area contributed by atoms with E-state index in [4.69, 9.17) is 16.3 Å². The first-order valence-corrected chi connectivity index (χ1v) is 6.83. The van der Waals surface area contributed by atoms with Crippen LogP contribution in [0.4, 0.5) is 0 Å². The smallest absolute Gasteiger partial charge is 0.137 e. The van der Waals surface area contributed by atoms with Gasteiger partial charge in [-0.05, 0) is 38.1 Å². The first-order valence-electron chi connectivity index (χ1n) is 5.33. The highest BCUT2D eigenvalue weighted by atomic mass is 79.9. The number of hydrogen-bond acceptors (Lipinski definition) is 2. The van der Waals surface area contributed by atoms with Gasteiger partial charge in [-0.2, -0.15) is 0 Å². The predicted octanol–water partition coefficient (Wildman–Crippen LogP) is 3.57. The molecule has 90 valence electrons. The Morgan fingerprint density at radius 2 is 2.19 bits per heavy atom. The van der Waals surface area contributed by atoms with Crippen molar-refractivity contribution in [3.05, 3.63) is 28.8 Å². The molecule has 1 rings (SSSR count). The standard InChI is InChI=1S/C12H17BrClNO/c1-3-16-12-5-4-10(8-11(12)14)6-7-15(2)9-13/h4-5,8H,3,6-7,9H2,1-2H3. The zero-order valence-electron chi connectivity index (χ0n) is 9.67. The fourth-order valence-electron chi connectivity index (χ4n) is 1.35. The SMILES string of the molecule is CCOc1ccc(CCN(C)CBr)cc1Cl. The van der Waals surface area contributed by atoms with Crippen LogP contribution in [0.3, 0.4) is 0 Å². The highest BCUT2D eigenvalue weighted by molar-refractivity contribution is 9.09. The van der Waals surface area contributed by atoms with Crippen LogP contribution in [-0.4, -0.2) is 30.6 Å². The molecule has 0 aliphatic carbocycles. The Morgan fingerprint density at radius 3 is 2.75 bits per heavy atom. The van der Waals surface area contributed by atoms with Gasteiger partial charge < -0.3 is 4.74 Å². The molecule has 0 fully saturated rings. The second-order valence-electron chi connectivity index (χ2n) is 3.65. The van der Waals surface area contributed by atoms with Gasteiger partial charge in [-0.15, -0.1) is 0 Å². The van der Waals surface area contributed by atoms with Crippen molar-refractivity contribution >= 4 is 27.5 Å². The summed E-state index contributed by atoms with van der Waals surface area (Å²) in [5.74, 6) is 0.766. The van der Waals surface area contributed by atoms with Gasteiger partial charge in [-0.1, -0.05) is 33.6 Å². The largest absolute Gasteiger partial charge is 0.492 e. The molecule has 0 heterocycles. The van der Waals surface area contributed by atoms with Crippen molar-refractivity contribution in [2.45, 2.75) is 13.3 Å². The van der Waals surface area contributed by atoms with Gasteiger partial charge in [0.2, 0.25) is 0 Å². The van der Waals surface area contributed by atoms with E-state index in [1.54, 1.807) is 0 Å². The van der Waals surface area contributed by atoms with E-state index in [2.05, 4.69) is 33.9 Å². The summed E-state index contributed by atoms with van der Waals surface area (Å²) in [5.41, 5.74) is 2.12. The summed E-state index contributed by atoms with van der Waals surface area (Å²) in [6.07, 6.45) is 0.994. The molecule has 0 atom stereocenters. The van der Waals surface area contributed by atoms with E-state index in [0.717, 1.165) is 24.2 Å². The Bertz CT molecular complexity index is 333. The number of rotatable bonds is 6. The summed E-state index contributed by atoms with van der Waals surface area (Å²) in [6, 6.07) is 5.99. The van der Waals surface area contributed by atoms with Crippen molar-refractivity contribution in [3.63, 3.8) is 0 Å². The highest BCUT2D eigenvalue weighted by Gasteiger charge is 2.03. The summed E-state index contributed by atoms with van der Waals surface area (Å²) in [4.78, 5) is 2.20. The van der Waals surface area contributed by atoms with Gasteiger partial charge in [0.25, 0.3) is 0 Å². The number of likely N-dealkylation sites (N-methyl/N-ethyl adjacent to an activating group) is 1. The number of nitrogens with zero attached hydrogens (tertiary/aromatic N) is 1. The molecule has 0 aliphatic rings. The highest BCUT2D eigenvalue weighted by Crippen LogP contribution is 2.25. The van der Waals surface area contributed by atoms with Crippen molar-refractivity contribution in [2.24, 2.45) is 0 Å². The van der Waals surface area contributed by atoms with E-state index in [0.29, 0.717) is 11.6 Å². The number of alkyl halides is 1. The molecule has 0 saturated heterocycles. The van der Waals surface area contributed by atoms with Crippen LogP contribution in [0.5, 0.6) is 5.75 Å². The lowest BCUT2D eigenvalue weighted by Crippen LogP contribution is -2.18. The molecule has 0 amide bonds. The molecular formula is C12H17BrClNO. The van der Waals surface area contributed by atoms with Crippen LogP contribution in [-0.2, 0) is 6.42 Å². The number of ether oxygens (including phenoxy) is 1. The minimum absolute atomic E-state index is 0.644. The number of halogens is 2. The van der Waals surface area contributed by atoms with Crippen LogP contribution in [0.15, 0.2) is 18.2 Å². The van der Waals surface area contributed by atoms with Gasteiger partial charge >= 0.3 is 0 Å². The lowest BCUT2D eigenvalue weighted by atomic mass is 10.1. The average molecular weight is 307 g/mol. The Labute approximate surface area is 111 Å². The van der Waals surface area contributed by atoms with Crippen LogP contribution < -0.4 is 4.74 Å². The van der Waals surface area contributed by atoms with Gasteiger partial charge in [0, 0.05) is 6.54 Å². The topological polar surface area (TPSA) is 12.5 Å². The van der Waals surface area contributed by atoms with Crippen molar-refractivity contribution in [1.82, 2.24) is 4.90 Å². The molecule has 0 bridgehead atoms. The normalized spacial score (nSPS) is 10.8. The second-order valence-corrected chi connectivity index (χ2v) is 4.56. The predicted molar refractivity (Wildman–Crippen MR) is 72.7 cm³/mol. The maximum Gasteiger partial charge on any atom is 0.137 e. The third-order valence-corrected chi connectivity index (χ3v) is 3.43. The van der Waals surface area contributed by atoms with E-state index >= 15 is 0 Å². The first kappa shape index (κ1) is 13.8. The number of hydrogen-bond donors (Lipinski definition) is 0. The van der Waals surface area contributed by atoms with Crippen molar-refractivity contribution in [2.75, 3.05) is 25.7 Å². The number of benzene rings is 1. The van der Waals surface area contributed by atoms with E-state index in [-0.39, 0.29) is 0 Å². The van der Waals surface area contributed by atoms with E-state index in [1.807, 2.05) is 19.1 Å². The zero-order chi connectivity index (χ0) is 12.0. The van der Waals surface area contributed by atoms with Crippen LogP contribution >= 0.6 is 27.5 Å². The van der Waals surface area contributed by atoms with Crippen LogP contribution in [0, 0.1) is 0 Å². The Morgan fingerprint density at radius 1 is 1.44 bits per heavy atom. The van der Waals surface area contributed by atoms with Crippen LogP contribution in [0.1, 0.15) is 12.5 Å². The Balaban J connectivity index is 2.59. The molecular weight excluding hydrogens is 289 g/mol. The van der Waals surface area contributed by atoms with Crippen molar-refractivity contribution in [3.8, 4) is 5.75 Å². The fraction of sp³-hybridized carbons (Fsp3) is 0.500. The molecule has 0 N–H and O–H groups in total. The first-order chi connectivity index (χ1) is 7.67. The van der Waals surface area contributed by atoms with Gasteiger partial charge in [-0.3, -0.25) is 4.90 Å². The summed E-state index contributed by atoms with van der Waals surface area (Å²) in [5, 5.41) is 0.695. The maximum absolute atomic E-state index is 6.11. The quantitative estimate of drug-likeness (QED) is 0.588. The Kier molecular flexibility index (Phi) is 6.17. The maximum atomic E-state index is 6.11. The van der Waals surface area contributed by atoms with Crippen LogP contribution in [0.2, 0.25) is 5.02 Å². The van der Waals surface area contributed by atoms with E-state index in [9.17, 15) is 0 Å². The fourth-order valence-corrected chi connectivity index (χ4v) is 1.86. The molecule has 0 aromatic heterocycles. The molecule has 1 aromatic carbocycles. The summed E-state index contributed by atoms with van der Waals surface area (Å²) >= 11 is 9.52. The molecule has 0 radical (unpaired) electrons. The molecule has 0 unspecified atom stereocenters. The van der Waals surface area contributed by atoms with Crippen molar-refractivity contribution in [1.29, 1.82) is 0 Å². The zero-order valence-corrected chi connectivity index (χ0v) is 12.0. The van der Waals surface area contributed by atoms with E-state index in [1.165, 1.54) is 5.56 Å². The monoisotopic (exact) mass is 305 g/mol. The van der Waals surface area contributed by atoms with Gasteiger partial charge in [0.15, 0.2) is 0 Å². The third kappa shape index (κ3) is 4.32. The molecule has 0 saturated carbocycles. The van der Waals surface area contributed by atoms with Gasteiger partial charge in [-0.25, -0.2) is 0 Å². The molecule has 0 spiro atoms. The Hall–Kier alpha value is -0.250. The van der Waals surface area contributed by atoms with Crippen LogP contribution in [0.25, 0.3) is 0 Å². The van der Waals surface area contributed by atoms with E-state index < -0.39 is 0 Å². The summed E-state index contributed by atoms with van der Waals surface area (Å²) < 4.78 is 5.39. The lowest BCUT2D eigenvalue weighted by Gasteiger charge is -2.13. The van der Waals surface area contributed by atoms with Gasteiger partial charge in [0.05, 0.1) is 17.1 Å². The summed E-state index contributed by atoms with van der Waals surface area (Å²) in [6.45, 7) is 3.61. The molecule has 1 aromatic rings. The second kappa shape index (κ2) is 7.15.